The number of carbonyl (C=O) groups excluding carboxylic acids is 2. The average molecular weight is 588 g/mol. The molecule has 2 aromatic carbocycles. The van der Waals surface area contributed by atoms with Gasteiger partial charge >= 0.3 is 5.97 Å². The van der Waals surface area contributed by atoms with Gasteiger partial charge in [-0.05, 0) is 73.1 Å². The fourth-order valence-corrected chi connectivity index (χ4v) is 6.88. The van der Waals surface area contributed by atoms with Gasteiger partial charge in [0.1, 0.15) is 23.1 Å². The van der Waals surface area contributed by atoms with Crippen LogP contribution >= 0.6 is 0 Å². The van der Waals surface area contributed by atoms with Crippen molar-refractivity contribution in [2.45, 2.75) is 89.3 Å². The van der Waals surface area contributed by atoms with E-state index in [2.05, 4.69) is 29.3 Å². The van der Waals surface area contributed by atoms with Gasteiger partial charge in [-0.25, -0.2) is 4.79 Å². The number of nitrogens with zero attached hydrogens (tertiary/aromatic N) is 2. The molecule has 1 aliphatic carbocycles. The number of carboxylic acid groups (broad SMARTS) is 1. The van der Waals surface area contributed by atoms with Gasteiger partial charge in [0.2, 0.25) is 11.8 Å². The first-order valence-corrected chi connectivity index (χ1v) is 16.0. The average Bonchev–Trinajstić information content (AvgIpc) is 3.02. The number of ether oxygens (including phenoxy) is 1. The number of carbonyl (C=O) groups is 3. The third-order valence-corrected chi connectivity index (χ3v) is 9.38. The molecule has 3 aliphatic rings. The molecule has 0 unspecified atom stereocenters. The molecule has 5 rings (SSSR count). The maximum Gasteiger partial charge on any atom is 0.328 e. The number of hydrogen-bond acceptors (Lipinski definition) is 5. The van der Waals surface area contributed by atoms with Gasteiger partial charge in [-0.3, -0.25) is 14.5 Å². The van der Waals surface area contributed by atoms with Gasteiger partial charge in [-0.2, -0.15) is 0 Å². The summed E-state index contributed by atoms with van der Waals surface area (Å²) in [6.07, 6.45) is 12.7. The van der Waals surface area contributed by atoms with Crippen LogP contribution in [0.15, 0.2) is 54.6 Å². The summed E-state index contributed by atoms with van der Waals surface area (Å²) in [5.74, 6) is 1.14. The summed E-state index contributed by atoms with van der Waals surface area (Å²) < 4.78 is 5.97. The second-order valence-electron chi connectivity index (χ2n) is 12.4. The highest BCUT2D eigenvalue weighted by molar-refractivity contribution is 6.00. The normalized spacial score (nSPS) is 21.3. The zero-order chi connectivity index (χ0) is 30.2. The van der Waals surface area contributed by atoms with E-state index in [9.17, 15) is 14.4 Å². The van der Waals surface area contributed by atoms with Crippen molar-refractivity contribution in [3.63, 3.8) is 0 Å². The summed E-state index contributed by atoms with van der Waals surface area (Å²) >= 11 is 0. The molecule has 230 valence electrons. The summed E-state index contributed by atoms with van der Waals surface area (Å²) in [6.45, 7) is 5.09. The number of unbranched alkanes of at least 4 members (excludes halogenated alkanes) is 1. The summed E-state index contributed by atoms with van der Waals surface area (Å²) in [5.41, 5.74) is 1.22. The van der Waals surface area contributed by atoms with Crippen LogP contribution in [-0.4, -0.2) is 63.9 Å². The number of carboxylic acids is 1. The standard InChI is InChI=1S/C35H45N3O5/c1-2-3-21-38-33(41)31(24-27-7-5-4-6-8-27)36-34(42)35(38)19-22-37(23-20-35)25-28-11-16-30(17-12-28)43-29-14-9-26(10-15-29)13-18-32(39)40/h9-18,27,31H,2-8,19-25H2,1H3,(H,36,42)(H,39,40)/t31-/m0/s1. The van der Waals surface area contributed by atoms with Crippen LogP contribution < -0.4 is 10.1 Å². The van der Waals surface area contributed by atoms with Crippen molar-refractivity contribution in [1.29, 1.82) is 0 Å². The lowest BCUT2D eigenvalue weighted by atomic mass is 9.79. The quantitative estimate of drug-likeness (QED) is 0.313. The number of amides is 2. The number of piperidine rings is 1. The fraction of sp³-hybridized carbons (Fsp3) is 0.514. The Morgan fingerprint density at radius 1 is 1.00 bits per heavy atom. The van der Waals surface area contributed by atoms with Crippen LogP contribution in [0.3, 0.4) is 0 Å². The van der Waals surface area contributed by atoms with Gasteiger partial charge in [0, 0.05) is 32.3 Å². The molecule has 2 N–H and O–H groups in total. The minimum atomic E-state index is -0.980. The largest absolute Gasteiger partial charge is 0.478 e. The molecule has 0 bridgehead atoms. The molecular weight excluding hydrogens is 542 g/mol. The Bertz CT molecular complexity index is 1280. The predicted octanol–water partition coefficient (Wildman–Crippen LogP) is 6.01. The van der Waals surface area contributed by atoms with Gasteiger partial charge in [-0.15, -0.1) is 0 Å². The molecule has 2 heterocycles. The van der Waals surface area contributed by atoms with E-state index in [1.807, 2.05) is 41.3 Å². The van der Waals surface area contributed by atoms with Crippen LogP contribution in [0.2, 0.25) is 0 Å². The monoisotopic (exact) mass is 587 g/mol. The van der Waals surface area contributed by atoms with E-state index in [4.69, 9.17) is 9.84 Å². The SMILES string of the molecule is CCCCN1C(=O)[C@H](CC2CCCCC2)NC(=O)C12CCN(Cc1ccc(Oc3ccc(C=CC(=O)O)cc3)cc1)CC2. The van der Waals surface area contributed by atoms with E-state index >= 15 is 0 Å². The fourth-order valence-electron chi connectivity index (χ4n) is 6.88. The molecule has 2 saturated heterocycles. The van der Waals surface area contributed by atoms with E-state index in [1.165, 1.54) is 32.1 Å². The number of nitrogens with one attached hydrogen (secondary N) is 1. The first kappa shape index (κ1) is 30.8. The Balaban J connectivity index is 1.16. The lowest BCUT2D eigenvalue weighted by molar-refractivity contribution is -0.162. The highest BCUT2D eigenvalue weighted by Crippen LogP contribution is 2.36. The maximum absolute atomic E-state index is 13.8. The Kier molecular flexibility index (Phi) is 10.2. The number of aliphatic carboxylic acids is 1. The molecule has 8 nitrogen and oxygen atoms in total. The minimum absolute atomic E-state index is 0.0519. The molecule has 1 spiro atoms. The van der Waals surface area contributed by atoms with E-state index in [-0.39, 0.29) is 17.9 Å². The van der Waals surface area contributed by atoms with Crippen LogP contribution in [0, 0.1) is 5.92 Å². The first-order valence-electron chi connectivity index (χ1n) is 16.0. The lowest BCUT2D eigenvalue weighted by Crippen LogP contribution is -2.73. The van der Waals surface area contributed by atoms with Gasteiger partial charge < -0.3 is 20.1 Å². The van der Waals surface area contributed by atoms with Crippen molar-refractivity contribution in [3.05, 3.63) is 65.7 Å². The molecule has 3 fully saturated rings. The van der Waals surface area contributed by atoms with Crippen molar-refractivity contribution < 1.29 is 24.2 Å². The zero-order valence-corrected chi connectivity index (χ0v) is 25.3. The summed E-state index contributed by atoms with van der Waals surface area (Å²) in [5, 5.41) is 12.0. The van der Waals surface area contributed by atoms with Crippen molar-refractivity contribution in [2.75, 3.05) is 19.6 Å². The van der Waals surface area contributed by atoms with Crippen LogP contribution in [0.25, 0.3) is 6.08 Å². The molecule has 43 heavy (non-hydrogen) atoms. The number of hydrogen-bond donors (Lipinski definition) is 2. The molecule has 2 aliphatic heterocycles. The molecule has 8 heteroatoms. The first-order chi connectivity index (χ1) is 20.9. The Hall–Kier alpha value is -3.65. The number of rotatable bonds is 11. The predicted molar refractivity (Wildman–Crippen MR) is 167 cm³/mol. The highest BCUT2D eigenvalue weighted by atomic mass is 16.5. The van der Waals surface area contributed by atoms with Gasteiger partial charge in [0.05, 0.1) is 0 Å². The third-order valence-electron chi connectivity index (χ3n) is 9.38. The Morgan fingerprint density at radius 3 is 2.28 bits per heavy atom. The van der Waals surface area contributed by atoms with Crippen molar-refractivity contribution in [1.82, 2.24) is 15.1 Å². The third kappa shape index (κ3) is 7.66. The molecular formula is C35H45N3O5. The molecule has 0 aromatic heterocycles. The van der Waals surface area contributed by atoms with Crippen molar-refractivity contribution in [2.24, 2.45) is 5.92 Å². The second kappa shape index (κ2) is 14.2. The van der Waals surface area contributed by atoms with Crippen LogP contribution in [0.5, 0.6) is 11.5 Å². The highest BCUT2D eigenvalue weighted by Gasteiger charge is 2.53. The van der Waals surface area contributed by atoms with E-state index in [0.717, 1.165) is 61.8 Å². The second-order valence-corrected chi connectivity index (χ2v) is 12.4. The van der Waals surface area contributed by atoms with Crippen molar-refractivity contribution in [3.8, 4) is 11.5 Å². The number of likely N-dealkylation sites (tertiary alicyclic amines) is 1. The number of piperazine rings is 1. The number of benzene rings is 2. The van der Waals surface area contributed by atoms with Gasteiger partial charge in [0.25, 0.3) is 0 Å². The maximum atomic E-state index is 13.8. The molecule has 0 radical (unpaired) electrons. The van der Waals surface area contributed by atoms with Crippen LogP contribution in [0.1, 0.15) is 82.3 Å². The zero-order valence-electron chi connectivity index (χ0n) is 25.3. The summed E-state index contributed by atoms with van der Waals surface area (Å²) in [7, 11) is 0. The molecule has 2 aromatic rings. The summed E-state index contributed by atoms with van der Waals surface area (Å²) in [4.78, 5) is 42.5. The Labute approximate surface area is 255 Å². The van der Waals surface area contributed by atoms with E-state index in [0.29, 0.717) is 31.1 Å². The van der Waals surface area contributed by atoms with Crippen molar-refractivity contribution >= 4 is 23.9 Å². The molecule has 1 atom stereocenters. The van der Waals surface area contributed by atoms with Crippen LogP contribution in [-0.2, 0) is 20.9 Å². The lowest BCUT2D eigenvalue weighted by Gasteiger charge is -2.52. The van der Waals surface area contributed by atoms with Crippen LogP contribution in [0.4, 0.5) is 0 Å². The smallest absolute Gasteiger partial charge is 0.328 e. The minimum Gasteiger partial charge on any atom is -0.478 e. The summed E-state index contributed by atoms with van der Waals surface area (Å²) in [6, 6.07) is 14.9. The Morgan fingerprint density at radius 2 is 1.65 bits per heavy atom. The van der Waals surface area contributed by atoms with Gasteiger partial charge in [0.15, 0.2) is 0 Å². The molecule has 2 amide bonds. The topological polar surface area (TPSA) is 99.2 Å². The van der Waals surface area contributed by atoms with E-state index in [1.54, 1.807) is 6.08 Å². The van der Waals surface area contributed by atoms with Gasteiger partial charge in [-0.1, -0.05) is 69.7 Å². The van der Waals surface area contributed by atoms with E-state index < -0.39 is 11.5 Å². The molecule has 1 saturated carbocycles.